The minimum atomic E-state index is 0.974. The molecule has 0 saturated heterocycles. The van der Waals surface area contributed by atoms with Crippen LogP contribution in [0.1, 0.15) is 18.4 Å². The van der Waals surface area contributed by atoms with Crippen LogP contribution in [0.25, 0.3) is 0 Å². The quantitative estimate of drug-likeness (QED) is 0.637. The van der Waals surface area contributed by atoms with Crippen molar-refractivity contribution in [2.24, 2.45) is 0 Å². The largest absolute Gasteiger partial charge is 0.371 e. The SMILES string of the molecule is CN1C/C=C\C=C/CCCc2ccccc21. The van der Waals surface area contributed by atoms with E-state index in [9.17, 15) is 0 Å². The molecule has 0 aliphatic carbocycles. The fourth-order valence-corrected chi connectivity index (χ4v) is 2.08. The van der Waals surface area contributed by atoms with Gasteiger partial charge in [-0.3, -0.25) is 0 Å². The number of hydrogen-bond acceptors (Lipinski definition) is 1. The first-order valence-corrected chi connectivity index (χ1v) is 5.98. The van der Waals surface area contributed by atoms with Crippen molar-refractivity contribution >= 4 is 5.69 Å². The topological polar surface area (TPSA) is 3.24 Å². The zero-order chi connectivity index (χ0) is 11.2. The van der Waals surface area contributed by atoms with E-state index < -0.39 is 0 Å². The Kier molecular flexibility index (Phi) is 3.81. The Hall–Kier alpha value is -1.50. The lowest BCUT2D eigenvalue weighted by Crippen LogP contribution is -2.18. The van der Waals surface area contributed by atoms with Crippen molar-refractivity contribution in [2.75, 3.05) is 18.5 Å². The number of nitrogens with zero attached hydrogens (tertiary/aromatic N) is 1. The number of hydrogen-bond donors (Lipinski definition) is 0. The molecule has 0 unspecified atom stereocenters. The third-order valence-corrected chi connectivity index (χ3v) is 2.98. The lowest BCUT2D eigenvalue weighted by atomic mass is 10.1. The molecular weight excluding hydrogens is 194 g/mol. The summed E-state index contributed by atoms with van der Waals surface area (Å²) in [5.41, 5.74) is 2.84. The molecule has 1 aromatic carbocycles. The zero-order valence-corrected chi connectivity index (χ0v) is 9.89. The van der Waals surface area contributed by atoms with Gasteiger partial charge in [-0.05, 0) is 30.9 Å². The second kappa shape index (κ2) is 5.55. The number of para-hydroxylation sites is 1. The lowest BCUT2D eigenvalue weighted by Gasteiger charge is -2.20. The van der Waals surface area contributed by atoms with Gasteiger partial charge in [0.1, 0.15) is 0 Å². The van der Waals surface area contributed by atoms with E-state index in [2.05, 4.69) is 60.5 Å². The highest BCUT2D eigenvalue weighted by Crippen LogP contribution is 2.21. The van der Waals surface area contributed by atoms with Crippen molar-refractivity contribution in [3.8, 4) is 0 Å². The van der Waals surface area contributed by atoms with Crippen LogP contribution in [0.2, 0.25) is 0 Å². The lowest BCUT2D eigenvalue weighted by molar-refractivity contribution is 0.837. The summed E-state index contributed by atoms with van der Waals surface area (Å²) in [5.74, 6) is 0. The van der Waals surface area contributed by atoms with Gasteiger partial charge >= 0.3 is 0 Å². The summed E-state index contributed by atoms with van der Waals surface area (Å²) in [6, 6.07) is 8.72. The first-order valence-electron chi connectivity index (χ1n) is 5.98. The molecule has 0 saturated carbocycles. The van der Waals surface area contributed by atoms with Crippen LogP contribution < -0.4 is 4.90 Å². The molecule has 2 rings (SSSR count). The molecule has 0 fully saturated rings. The second-order valence-corrected chi connectivity index (χ2v) is 4.26. The van der Waals surface area contributed by atoms with Crippen molar-refractivity contribution < 1.29 is 0 Å². The van der Waals surface area contributed by atoms with Gasteiger partial charge in [-0.2, -0.15) is 0 Å². The van der Waals surface area contributed by atoms with Crippen LogP contribution in [-0.2, 0) is 6.42 Å². The van der Waals surface area contributed by atoms with E-state index in [1.807, 2.05) is 0 Å². The molecule has 1 nitrogen and oxygen atoms in total. The predicted octanol–water partition coefficient (Wildman–Crippen LogP) is 3.57. The molecule has 0 aromatic heterocycles. The van der Waals surface area contributed by atoms with Crippen LogP contribution in [0.4, 0.5) is 5.69 Å². The summed E-state index contributed by atoms with van der Waals surface area (Å²) in [7, 11) is 2.16. The van der Waals surface area contributed by atoms with Crippen molar-refractivity contribution in [3.63, 3.8) is 0 Å². The summed E-state index contributed by atoms with van der Waals surface area (Å²) < 4.78 is 0. The van der Waals surface area contributed by atoms with Gasteiger partial charge in [0, 0.05) is 19.3 Å². The Bertz CT molecular complexity index is 390. The molecule has 0 atom stereocenters. The molecule has 0 radical (unpaired) electrons. The van der Waals surface area contributed by atoms with Crippen molar-refractivity contribution in [2.45, 2.75) is 19.3 Å². The van der Waals surface area contributed by atoms with Gasteiger partial charge < -0.3 is 4.90 Å². The number of benzene rings is 1. The molecule has 1 aliphatic heterocycles. The molecule has 1 aliphatic rings. The monoisotopic (exact) mass is 213 g/mol. The van der Waals surface area contributed by atoms with Gasteiger partial charge in [-0.15, -0.1) is 0 Å². The van der Waals surface area contributed by atoms with Crippen LogP contribution >= 0.6 is 0 Å². The van der Waals surface area contributed by atoms with E-state index in [1.54, 1.807) is 0 Å². The van der Waals surface area contributed by atoms with Gasteiger partial charge in [-0.1, -0.05) is 42.5 Å². The highest BCUT2D eigenvalue weighted by Gasteiger charge is 2.05. The van der Waals surface area contributed by atoms with E-state index in [1.165, 1.54) is 30.5 Å². The van der Waals surface area contributed by atoms with Gasteiger partial charge in [0.2, 0.25) is 0 Å². The molecular formula is C15H19N. The molecule has 84 valence electrons. The summed E-state index contributed by atoms with van der Waals surface area (Å²) in [6.45, 7) is 0.974. The van der Waals surface area contributed by atoms with Crippen molar-refractivity contribution in [3.05, 3.63) is 54.1 Å². The minimum Gasteiger partial charge on any atom is -0.371 e. The van der Waals surface area contributed by atoms with E-state index in [-0.39, 0.29) is 0 Å². The molecule has 0 N–H and O–H groups in total. The maximum Gasteiger partial charge on any atom is 0.0398 e. The predicted molar refractivity (Wildman–Crippen MR) is 70.9 cm³/mol. The highest BCUT2D eigenvalue weighted by molar-refractivity contribution is 5.53. The Balaban J connectivity index is 2.25. The molecule has 0 bridgehead atoms. The fourth-order valence-electron chi connectivity index (χ4n) is 2.08. The van der Waals surface area contributed by atoms with Crippen LogP contribution in [-0.4, -0.2) is 13.6 Å². The Morgan fingerprint density at radius 2 is 1.88 bits per heavy atom. The number of fused-ring (bicyclic) bond motifs is 1. The standard InChI is InChI=1S/C15H19N/c1-16-13-9-5-3-2-4-6-10-14-11-7-8-12-15(14)16/h2-3,5,7-9,11-12H,4,6,10,13H2,1H3/b3-2-,9-5-. The van der Waals surface area contributed by atoms with Crippen LogP contribution in [0, 0.1) is 0 Å². The minimum absolute atomic E-state index is 0.974. The molecule has 1 heterocycles. The van der Waals surface area contributed by atoms with Crippen LogP contribution in [0.3, 0.4) is 0 Å². The smallest absolute Gasteiger partial charge is 0.0398 e. The third-order valence-electron chi connectivity index (χ3n) is 2.98. The summed E-state index contributed by atoms with van der Waals surface area (Å²) >= 11 is 0. The Morgan fingerprint density at radius 1 is 1.06 bits per heavy atom. The number of likely N-dealkylation sites (N-methyl/N-ethyl adjacent to an activating group) is 1. The van der Waals surface area contributed by atoms with Crippen LogP contribution in [0.15, 0.2) is 48.6 Å². The number of anilines is 1. The van der Waals surface area contributed by atoms with E-state index in [0.717, 1.165) is 6.54 Å². The molecule has 0 spiro atoms. The fraction of sp³-hybridized carbons (Fsp3) is 0.333. The average Bonchev–Trinajstić information content (AvgIpc) is 2.35. The Morgan fingerprint density at radius 3 is 2.81 bits per heavy atom. The first-order chi connectivity index (χ1) is 7.88. The van der Waals surface area contributed by atoms with E-state index in [4.69, 9.17) is 0 Å². The van der Waals surface area contributed by atoms with Gasteiger partial charge in [0.25, 0.3) is 0 Å². The third kappa shape index (κ3) is 2.75. The summed E-state index contributed by atoms with van der Waals surface area (Å²) in [5, 5.41) is 0. The normalized spacial score (nSPS) is 20.7. The maximum absolute atomic E-state index is 2.31. The maximum atomic E-state index is 2.31. The first kappa shape index (κ1) is 11.0. The summed E-state index contributed by atoms with van der Waals surface area (Å²) in [4.78, 5) is 2.31. The average molecular weight is 213 g/mol. The van der Waals surface area contributed by atoms with E-state index in [0.29, 0.717) is 0 Å². The van der Waals surface area contributed by atoms with E-state index >= 15 is 0 Å². The van der Waals surface area contributed by atoms with Crippen LogP contribution in [0.5, 0.6) is 0 Å². The zero-order valence-electron chi connectivity index (χ0n) is 9.89. The molecule has 1 aromatic rings. The highest BCUT2D eigenvalue weighted by atomic mass is 15.1. The number of rotatable bonds is 0. The molecule has 16 heavy (non-hydrogen) atoms. The van der Waals surface area contributed by atoms with Crippen molar-refractivity contribution in [1.82, 2.24) is 0 Å². The van der Waals surface area contributed by atoms with Gasteiger partial charge in [0.05, 0.1) is 0 Å². The van der Waals surface area contributed by atoms with Gasteiger partial charge in [-0.25, -0.2) is 0 Å². The second-order valence-electron chi connectivity index (χ2n) is 4.26. The van der Waals surface area contributed by atoms with Crippen molar-refractivity contribution in [1.29, 1.82) is 0 Å². The summed E-state index contributed by atoms with van der Waals surface area (Å²) in [6.07, 6.45) is 12.3. The molecule has 0 amide bonds. The Labute approximate surface area is 98.1 Å². The number of allylic oxidation sites excluding steroid dienone is 3. The van der Waals surface area contributed by atoms with Gasteiger partial charge in [0.15, 0.2) is 0 Å². The number of aryl methyl sites for hydroxylation is 1. The molecule has 1 heteroatoms.